The number of nitrogens with zero attached hydrogens (tertiary/aromatic N) is 2. The molecule has 0 aromatic heterocycles. The van der Waals surface area contributed by atoms with Crippen molar-refractivity contribution in [2.24, 2.45) is 0 Å². The largest absolute Gasteiger partial charge is 0.348 e. The number of hydrogen-bond acceptors (Lipinski definition) is 3. The van der Waals surface area contributed by atoms with Crippen molar-refractivity contribution in [1.29, 1.82) is 0 Å². The highest BCUT2D eigenvalue weighted by Crippen LogP contribution is 2.16. The number of carbonyl (C=O) groups is 1. The van der Waals surface area contributed by atoms with Crippen LogP contribution in [0.2, 0.25) is 0 Å². The number of carbonyl (C=O) groups excluding carboxylic acids is 1. The highest BCUT2D eigenvalue weighted by atomic mass is 16.2. The molecule has 0 spiro atoms. The van der Waals surface area contributed by atoms with E-state index < -0.39 is 0 Å². The van der Waals surface area contributed by atoms with E-state index in [0.717, 1.165) is 19.6 Å². The van der Waals surface area contributed by atoms with Crippen LogP contribution >= 0.6 is 0 Å². The summed E-state index contributed by atoms with van der Waals surface area (Å²) in [6, 6.07) is 0.539. The predicted molar refractivity (Wildman–Crippen MR) is 66.4 cm³/mol. The van der Waals surface area contributed by atoms with E-state index in [2.05, 4.69) is 17.1 Å². The summed E-state index contributed by atoms with van der Waals surface area (Å²) < 4.78 is 0. The van der Waals surface area contributed by atoms with Crippen molar-refractivity contribution < 1.29 is 4.79 Å². The Kier molecular flexibility index (Phi) is 5.77. The lowest BCUT2D eigenvalue weighted by molar-refractivity contribution is -0.130. The molecule has 1 aliphatic heterocycles. The van der Waals surface area contributed by atoms with Crippen molar-refractivity contribution in [1.82, 2.24) is 15.1 Å². The number of likely N-dealkylation sites (tertiary alicyclic amines) is 1. The molecule has 0 saturated carbocycles. The molecule has 0 aliphatic carbocycles. The minimum absolute atomic E-state index is 0.211. The van der Waals surface area contributed by atoms with Crippen molar-refractivity contribution >= 4 is 5.91 Å². The fraction of sp³-hybridized carbons (Fsp3) is 0.917. The Morgan fingerprint density at radius 1 is 1.44 bits per heavy atom. The molecule has 94 valence electrons. The lowest BCUT2D eigenvalue weighted by Gasteiger charge is -2.35. The van der Waals surface area contributed by atoms with Gasteiger partial charge in [0.05, 0.1) is 6.54 Å². The van der Waals surface area contributed by atoms with Crippen LogP contribution in [0.3, 0.4) is 0 Å². The van der Waals surface area contributed by atoms with Gasteiger partial charge in [0.15, 0.2) is 0 Å². The van der Waals surface area contributed by atoms with Crippen LogP contribution < -0.4 is 5.32 Å². The van der Waals surface area contributed by atoms with E-state index in [1.807, 2.05) is 14.1 Å². The summed E-state index contributed by atoms with van der Waals surface area (Å²) in [5, 5.41) is 3.38. The van der Waals surface area contributed by atoms with E-state index in [1.165, 1.54) is 19.3 Å². The highest BCUT2D eigenvalue weighted by molar-refractivity contribution is 5.77. The molecule has 4 nitrogen and oxygen atoms in total. The van der Waals surface area contributed by atoms with Crippen LogP contribution in [0.1, 0.15) is 26.2 Å². The molecular formula is C12H25N3O. The van der Waals surface area contributed by atoms with E-state index in [9.17, 15) is 4.79 Å². The molecule has 1 heterocycles. The van der Waals surface area contributed by atoms with Crippen LogP contribution in [0.4, 0.5) is 0 Å². The molecule has 1 N–H and O–H groups in total. The number of amides is 1. The molecule has 0 radical (unpaired) electrons. The first kappa shape index (κ1) is 13.5. The zero-order valence-corrected chi connectivity index (χ0v) is 10.8. The molecule has 16 heavy (non-hydrogen) atoms. The lowest BCUT2D eigenvalue weighted by Crippen LogP contribution is -2.49. The minimum atomic E-state index is 0.211. The first-order chi connectivity index (χ1) is 7.65. The second-order valence-electron chi connectivity index (χ2n) is 4.72. The highest BCUT2D eigenvalue weighted by Gasteiger charge is 2.24. The summed E-state index contributed by atoms with van der Waals surface area (Å²) in [5.74, 6) is 0.211. The van der Waals surface area contributed by atoms with Gasteiger partial charge >= 0.3 is 0 Å². The third-order valence-electron chi connectivity index (χ3n) is 3.22. The van der Waals surface area contributed by atoms with Gasteiger partial charge in [-0.25, -0.2) is 0 Å². The Hall–Kier alpha value is -0.610. The normalized spacial score (nSPS) is 22.1. The van der Waals surface area contributed by atoms with Crippen molar-refractivity contribution in [2.45, 2.75) is 32.2 Å². The van der Waals surface area contributed by atoms with Crippen molar-refractivity contribution in [3.63, 3.8) is 0 Å². The Morgan fingerprint density at radius 3 is 2.81 bits per heavy atom. The van der Waals surface area contributed by atoms with Gasteiger partial charge in [0.2, 0.25) is 5.91 Å². The maximum Gasteiger partial charge on any atom is 0.236 e. The maximum atomic E-state index is 11.7. The smallest absolute Gasteiger partial charge is 0.236 e. The van der Waals surface area contributed by atoms with E-state index >= 15 is 0 Å². The SMILES string of the molecule is CCNCC1CCCCN1CC(=O)N(C)C. The first-order valence-corrected chi connectivity index (χ1v) is 6.30. The third-order valence-corrected chi connectivity index (χ3v) is 3.22. The molecule has 0 aromatic rings. The zero-order chi connectivity index (χ0) is 12.0. The predicted octanol–water partition coefficient (Wildman–Crippen LogP) is 0.539. The van der Waals surface area contributed by atoms with Gasteiger partial charge in [-0.05, 0) is 25.9 Å². The van der Waals surface area contributed by atoms with Gasteiger partial charge in [0.1, 0.15) is 0 Å². The van der Waals surface area contributed by atoms with E-state index in [-0.39, 0.29) is 5.91 Å². The molecule has 1 fully saturated rings. The molecular weight excluding hydrogens is 202 g/mol. The van der Waals surface area contributed by atoms with E-state index in [1.54, 1.807) is 4.90 Å². The van der Waals surface area contributed by atoms with Gasteiger partial charge in [-0.1, -0.05) is 13.3 Å². The molecule has 1 saturated heterocycles. The average molecular weight is 227 g/mol. The lowest BCUT2D eigenvalue weighted by atomic mass is 10.0. The van der Waals surface area contributed by atoms with Gasteiger partial charge < -0.3 is 10.2 Å². The molecule has 0 bridgehead atoms. The summed E-state index contributed by atoms with van der Waals surface area (Å²) in [6.07, 6.45) is 3.74. The number of nitrogens with one attached hydrogen (secondary N) is 1. The molecule has 1 unspecified atom stereocenters. The molecule has 1 rings (SSSR count). The summed E-state index contributed by atoms with van der Waals surface area (Å²) in [4.78, 5) is 15.7. The number of rotatable bonds is 5. The summed E-state index contributed by atoms with van der Waals surface area (Å²) in [7, 11) is 3.65. The van der Waals surface area contributed by atoms with E-state index in [4.69, 9.17) is 0 Å². The Morgan fingerprint density at radius 2 is 2.19 bits per heavy atom. The fourth-order valence-corrected chi connectivity index (χ4v) is 2.13. The van der Waals surface area contributed by atoms with E-state index in [0.29, 0.717) is 12.6 Å². The monoisotopic (exact) mass is 227 g/mol. The second kappa shape index (κ2) is 6.86. The zero-order valence-electron chi connectivity index (χ0n) is 10.8. The number of piperidine rings is 1. The fourth-order valence-electron chi connectivity index (χ4n) is 2.13. The Labute approximate surface area is 99.0 Å². The van der Waals surface area contributed by atoms with Crippen LogP contribution in [-0.4, -0.2) is 62.0 Å². The Balaban J connectivity index is 2.43. The molecule has 0 aromatic carbocycles. The molecule has 1 aliphatic rings. The van der Waals surface area contributed by atoms with Crippen molar-refractivity contribution in [3.05, 3.63) is 0 Å². The number of likely N-dealkylation sites (N-methyl/N-ethyl adjacent to an activating group) is 2. The van der Waals surface area contributed by atoms with Crippen molar-refractivity contribution in [2.75, 3.05) is 40.3 Å². The molecule has 1 atom stereocenters. The standard InChI is InChI=1S/C12H25N3O/c1-4-13-9-11-7-5-6-8-15(11)10-12(16)14(2)3/h11,13H,4-10H2,1-3H3. The van der Waals surface area contributed by atoms with Gasteiger partial charge in [-0.15, -0.1) is 0 Å². The summed E-state index contributed by atoms with van der Waals surface area (Å²) in [6.45, 7) is 5.78. The summed E-state index contributed by atoms with van der Waals surface area (Å²) >= 11 is 0. The number of hydrogen-bond donors (Lipinski definition) is 1. The molecule has 1 amide bonds. The first-order valence-electron chi connectivity index (χ1n) is 6.30. The second-order valence-corrected chi connectivity index (χ2v) is 4.72. The van der Waals surface area contributed by atoms with Crippen LogP contribution in [0.5, 0.6) is 0 Å². The summed E-state index contributed by atoms with van der Waals surface area (Å²) in [5.41, 5.74) is 0. The van der Waals surface area contributed by atoms with Crippen LogP contribution in [0, 0.1) is 0 Å². The quantitative estimate of drug-likeness (QED) is 0.744. The van der Waals surface area contributed by atoms with Crippen molar-refractivity contribution in [3.8, 4) is 0 Å². The third kappa shape index (κ3) is 4.10. The van der Waals surface area contributed by atoms with Crippen LogP contribution in [0.15, 0.2) is 0 Å². The molecule has 4 heteroatoms. The van der Waals surface area contributed by atoms with Gasteiger partial charge in [0, 0.05) is 26.7 Å². The van der Waals surface area contributed by atoms with Crippen LogP contribution in [-0.2, 0) is 4.79 Å². The van der Waals surface area contributed by atoms with Crippen LogP contribution in [0.25, 0.3) is 0 Å². The van der Waals surface area contributed by atoms with Gasteiger partial charge in [-0.2, -0.15) is 0 Å². The van der Waals surface area contributed by atoms with Gasteiger partial charge in [0.25, 0.3) is 0 Å². The topological polar surface area (TPSA) is 35.6 Å². The average Bonchev–Trinajstić information content (AvgIpc) is 2.27. The maximum absolute atomic E-state index is 11.7. The van der Waals surface area contributed by atoms with Gasteiger partial charge in [-0.3, -0.25) is 9.69 Å². The minimum Gasteiger partial charge on any atom is -0.348 e. The Bertz CT molecular complexity index is 218.